The molecule has 1 N–H and O–H groups in total. The van der Waals surface area contributed by atoms with E-state index in [0.29, 0.717) is 30.0 Å². The molecule has 5 heterocycles. The molecule has 6 aliphatic rings. The summed E-state index contributed by atoms with van der Waals surface area (Å²) in [7, 11) is 2.25. The molecule has 1 aromatic carbocycles. The van der Waals surface area contributed by atoms with E-state index in [9.17, 15) is 5.11 Å². The third-order valence-electron chi connectivity index (χ3n) is 8.00. The van der Waals surface area contributed by atoms with Gasteiger partial charge in [0.15, 0.2) is 0 Å². The number of hydrogen-bond acceptors (Lipinski definition) is 3. The number of allylic oxidation sites excluding steroid dienone is 1. The van der Waals surface area contributed by atoms with Gasteiger partial charge in [0.25, 0.3) is 0 Å². The van der Waals surface area contributed by atoms with Gasteiger partial charge in [-0.05, 0) is 37.3 Å². The van der Waals surface area contributed by atoms with Crippen molar-refractivity contribution in [3.05, 3.63) is 41.5 Å². The van der Waals surface area contributed by atoms with Gasteiger partial charge in [-0.2, -0.15) is 0 Å². The Kier molecular flexibility index (Phi) is 2.17. The average Bonchev–Trinajstić information content (AvgIpc) is 2.98. The van der Waals surface area contributed by atoms with E-state index in [4.69, 9.17) is 0 Å². The fraction of sp³-hybridized carbons (Fsp3) is 0.600. The summed E-state index contributed by atoms with van der Waals surface area (Å²) < 4.78 is 0. The van der Waals surface area contributed by atoms with Crippen molar-refractivity contribution in [2.75, 3.05) is 18.5 Å². The number of likely N-dealkylation sites (N-methyl/N-ethyl adjacent to an activating group) is 1. The quantitative estimate of drug-likeness (QED) is 0.744. The maximum atomic E-state index is 11.6. The lowest BCUT2D eigenvalue weighted by molar-refractivity contribution is -0.0345. The van der Waals surface area contributed by atoms with Crippen molar-refractivity contribution in [3.8, 4) is 0 Å². The van der Waals surface area contributed by atoms with Crippen molar-refractivity contribution in [2.24, 2.45) is 11.8 Å². The van der Waals surface area contributed by atoms with E-state index in [-0.39, 0.29) is 11.5 Å². The van der Waals surface area contributed by atoms with Gasteiger partial charge in [-0.1, -0.05) is 29.8 Å². The van der Waals surface area contributed by atoms with Gasteiger partial charge in [-0.3, -0.25) is 4.90 Å². The minimum atomic E-state index is -0.196. The predicted molar refractivity (Wildman–Crippen MR) is 90.6 cm³/mol. The number of piperidine rings is 4. The van der Waals surface area contributed by atoms with E-state index in [1.807, 2.05) is 0 Å². The first-order valence-corrected chi connectivity index (χ1v) is 9.09. The molecule has 1 saturated carbocycles. The van der Waals surface area contributed by atoms with E-state index < -0.39 is 0 Å². The van der Waals surface area contributed by atoms with Crippen LogP contribution >= 0.6 is 0 Å². The highest BCUT2D eigenvalue weighted by atomic mass is 16.3. The molecule has 1 spiro atoms. The number of para-hydroxylation sites is 1. The maximum absolute atomic E-state index is 11.6. The first kappa shape index (κ1) is 13.0. The summed E-state index contributed by atoms with van der Waals surface area (Å²) in [4.78, 5) is 5.25. The zero-order chi connectivity index (χ0) is 15.5. The molecule has 0 amide bonds. The van der Waals surface area contributed by atoms with Crippen LogP contribution in [0.3, 0.4) is 0 Å². The van der Waals surface area contributed by atoms with E-state index in [1.54, 1.807) is 5.57 Å². The molecule has 5 fully saturated rings. The van der Waals surface area contributed by atoms with Crippen LogP contribution in [0.2, 0.25) is 0 Å². The van der Waals surface area contributed by atoms with E-state index >= 15 is 0 Å². The van der Waals surface area contributed by atoms with E-state index in [2.05, 4.69) is 54.1 Å². The molecule has 5 aliphatic heterocycles. The number of fused-ring (bicyclic) bond motifs is 2. The van der Waals surface area contributed by atoms with Gasteiger partial charge in [0.1, 0.15) is 0 Å². The summed E-state index contributed by atoms with van der Waals surface area (Å²) in [6.07, 6.45) is 4.51. The Balaban J connectivity index is 1.62. The highest BCUT2D eigenvalue weighted by molar-refractivity contribution is 5.67. The molecule has 5 bridgehead atoms. The Morgan fingerprint density at radius 3 is 2.91 bits per heavy atom. The van der Waals surface area contributed by atoms with Crippen molar-refractivity contribution < 1.29 is 5.11 Å². The van der Waals surface area contributed by atoms with Crippen LogP contribution in [-0.4, -0.2) is 47.8 Å². The standard InChI is InChI=1S/C20H24N2O/c1-3-11-10-22-15-8-12(11)17-16(22)9-20(19(17)23)13-6-4-5-7-14(13)21(2)18(15)20/h3-7,12,15-19,23H,8-10H2,1-2H3/b11-3-/t12-,15-,16-,17?,18?,19+,20+/m0/s1. The highest BCUT2D eigenvalue weighted by Crippen LogP contribution is 2.67. The fourth-order valence-electron chi connectivity index (χ4n) is 7.35. The van der Waals surface area contributed by atoms with Gasteiger partial charge in [0, 0.05) is 42.7 Å². The molecule has 4 saturated heterocycles. The van der Waals surface area contributed by atoms with E-state index in [0.717, 1.165) is 13.0 Å². The zero-order valence-corrected chi connectivity index (χ0v) is 13.8. The second-order valence-corrected chi connectivity index (χ2v) is 8.35. The molecule has 1 aromatic rings. The third kappa shape index (κ3) is 1.17. The lowest BCUT2D eigenvalue weighted by atomic mass is 9.65. The van der Waals surface area contributed by atoms with Crippen LogP contribution in [0.25, 0.3) is 0 Å². The molecule has 3 unspecified atom stereocenters. The number of aliphatic hydroxyl groups is 1. The number of anilines is 1. The Bertz CT molecular complexity index is 743. The molecule has 0 aromatic heterocycles. The largest absolute Gasteiger partial charge is 0.392 e. The molecular weight excluding hydrogens is 284 g/mol. The number of hydrogen-bond donors (Lipinski definition) is 1. The van der Waals surface area contributed by atoms with Gasteiger partial charge in [0.2, 0.25) is 0 Å². The second-order valence-electron chi connectivity index (χ2n) is 8.35. The Hall–Kier alpha value is -1.32. The van der Waals surface area contributed by atoms with E-state index in [1.165, 1.54) is 17.7 Å². The van der Waals surface area contributed by atoms with Gasteiger partial charge in [0.05, 0.1) is 12.1 Å². The molecule has 0 radical (unpaired) electrons. The van der Waals surface area contributed by atoms with Crippen molar-refractivity contribution >= 4 is 5.69 Å². The molecular formula is C20H24N2O. The number of benzene rings is 1. The van der Waals surface area contributed by atoms with Crippen LogP contribution in [0, 0.1) is 11.8 Å². The monoisotopic (exact) mass is 308 g/mol. The zero-order valence-electron chi connectivity index (χ0n) is 13.8. The van der Waals surface area contributed by atoms with Crippen LogP contribution in [0.15, 0.2) is 35.9 Å². The smallest absolute Gasteiger partial charge is 0.0707 e. The Labute approximate surface area is 137 Å². The molecule has 3 nitrogen and oxygen atoms in total. The van der Waals surface area contributed by atoms with Crippen LogP contribution in [0.5, 0.6) is 0 Å². The molecule has 8 atom stereocenters. The third-order valence-corrected chi connectivity index (χ3v) is 8.00. The van der Waals surface area contributed by atoms with Crippen molar-refractivity contribution in [3.63, 3.8) is 0 Å². The SMILES string of the molecule is C/C=C1/CN2[C@H]3C[C@@]45c6ccccc6N(C)C4[C@@H]2C[C@@H]1C3[C@H]5O. The minimum Gasteiger partial charge on any atom is -0.392 e. The van der Waals surface area contributed by atoms with Gasteiger partial charge in [-0.15, -0.1) is 0 Å². The summed E-state index contributed by atoms with van der Waals surface area (Å²) >= 11 is 0. The Morgan fingerprint density at radius 1 is 1.26 bits per heavy atom. The van der Waals surface area contributed by atoms with Crippen LogP contribution in [-0.2, 0) is 5.41 Å². The minimum absolute atomic E-state index is 0.0280. The second kappa shape index (κ2) is 3.84. The Morgan fingerprint density at radius 2 is 2.09 bits per heavy atom. The summed E-state index contributed by atoms with van der Waals surface area (Å²) in [5.74, 6) is 1.05. The summed E-state index contributed by atoms with van der Waals surface area (Å²) in [5, 5.41) is 11.6. The molecule has 7 rings (SSSR count). The first-order chi connectivity index (χ1) is 11.2. The first-order valence-electron chi connectivity index (χ1n) is 9.09. The summed E-state index contributed by atoms with van der Waals surface area (Å²) in [6, 6.07) is 10.5. The maximum Gasteiger partial charge on any atom is 0.0707 e. The molecule has 120 valence electrons. The van der Waals surface area contributed by atoms with Crippen LogP contribution < -0.4 is 4.90 Å². The topological polar surface area (TPSA) is 26.7 Å². The lowest BCUT2D eigenvalue weighted by Gasteiger charge is -2.58. The lowest BCUT2D eigenvalue weighted by Crippen LogP contribution is -2.68. The molecule has 3 heteroatoms. The van der Waals surface area contributed by atoms with Crippen LogP contribution in [0.1, 0.15) is 25.3 Å². The van der Waals surface area contributed by atoms with Crippen molar-refractivity contribution in [2.45, 2.75) is 49.4 Å². The normalized spacial score (nSPS) is 53.1. The van der Waals surface area contributed by atoms with Gasteiger partial charge < -0.3 is 10.0 Å². The average molecular weight is 308 g/mol. The van der Waals surface area contributed by atoms with Crippen LogP contribution in [0.4, 0.5) is 5.69 Å². The van der Waals surface area contributed by atoms with Gasteiger partial charge >= 0.3 is 0 Å². The molecule has 23 heavy (non-hydrogen) atoms. The van der Waals surface area contributed by atoms with Crippen molar-refractivity contribution in [1.29, 1.82) is 0 Å². The number of aliphatic hydroxyl groups excluding tert-OH is 1. The molecule has 1 aliphatic carbocycles. The summed E-state index contributed by atoms with van der Waals surface area (Å²) in [6.45, 7) is 3.31. The number of rotatable bonds is 0. The summed E-state index contributed by atoms with van der Waals surface area (Å²) in [5.41, 5.74) is 4.32. The van der Waals surface area contributed by atoms with Gasteiger partial charge in [-0.25, -0.2) is 0 Å². The van der Waals surface area contributed by atoms with Crippen molar-refractivity contribution in [1.82, 2.24) is 4.90 Å². The predicted octanol–water partition coefficient (Wildman–Crippen LogP) is 2.16. The highest BCUT2D eigenvalue weighted by Gasteiger charge is 2.74. The number of nitrogens with zero attached hydrogens (tertiary/aromatic N) is 2. The fourth-order valence-corrected chi connectivity index (χ4v) is 7.35.